The van der Waals surface area contributed by atoms with Crippen LogP contribution in [0.1, 0.15) is 70.4 Å². The van der Waals surface area contributed by atoms with Crippen molar-refractivity contribution < 1.29 is 59.3 Å². The molecule has 0 heterocycles. The van der Waals surface area contributed by atoms with E-state index in [1.165, 1.54) is 36.4 Å². The van der Waals surface area contributed by atoms with E-state index in [0.717, 1.165) is 48.9 Å². The molecule has 2 unspecified atom stereocenters. The Kier molecular flexibility index (Phi) is 13.4. The Bertz CT molecular complexity index is 1950. The largest absolute Gasteiger partial charge is 0.460 e. The van der Waals surface area contributed by atoms with Crippen LogP contribution >= 0.6 is 0 Å². The van der Waals surface area contributed by atoms with E-state index in [1.807, 2.05) is 36.4 Å². The molecule has 6 rings (SSSR count). The summed E-state index contributed by atoms with van der Waals surface area (Å²) >= 11 is 0. The standard InChI is InChI=1S/C47H52F6O7Si/c1-42(2,3)61(38-22-14-8-15-23-38,39-24-16-9-17-25-39)58-32-43-28-26-36(59-40(54)44(56-4,46(48,49)50)33-18-10-6-11-19-33)30-35(43)31-37(27-29-43)60-41(55)45(57-5,47(51,52)53)34-20-12-7-13-21-34/h6-25,35-37H,26-32H2,1-5H3/t35?,36-,37+,43?,44-,45-/m1/s1. The number of hydrogen-bond acceptors (Lipinski definition) is 7. The summed E-state index contributed by atoms with van der Waals surface area (Å²) in [5.41, 5.74) is -8.42. The summed E-state index contributed by atoms with van der Waals surface area (Å²) in [4.78, 5) is 27.7. The fourth-order valence-electron chi connectivity index (χ4n) is 9.63. The zero-order valence-electron chi connectivity index (χ0n) is 34.9. The van der Waals surface area contributed by atoms with Crippen LogP contribution in [0.3, 0.4) is 0 Å². The fraction of sp³-hybridized carbons (Fsp3) is 0.447. The second-order valence-electron chi connectivity index (χ2n) is 17.1. The van der Waals surface area contributed by atoms with Crippen molar-refractivity contribution in [2.24, 2.45) is 11.3 Å². The highest BCUT2D eigenvalue weighted by molar-refractivity contribution is 6.99. The van der Waals surface area contributed by atoms with Crippen molar-refractivity contribution in [3.63, 3.8) is 0 Å². The molecule has 7 nitrogen and oxygen atoms in total. The third-order valence-corrected chi connectivity index (χ3v) is 17.8. The Labute approximate surface area is 353 Å². The Morgan fingerprint density at radius 1 is 0.590 bits per heavy atom. The first kappa shape index (κ1) is 46.0. The zero-order valence-corrected chi connectivity index (χ0v) is 35.9. The monoisotopic (exact) mass is 870 g/mol. The number of halogens is 6. The van der Waals surface area contributed by atoms with Gasteiger partial charge in [0.1, 0.15) is 12.2 Å². The molecule has 0 saturated heterocycles. The lowest BCUT2D eigenvalue weighted by Gasteiger charge is -2.53. The van der Waals surface area contributed by atoms with Crippen molar-refractivity contribution in [3.05, 3.63) is 132 Å². The highest BCUT2D eigenvalue weighted by Gasteiger charge is 2.66. The maximum absolute atomic E-state index is 14.9. The number of ether oxygens (including phenoxy) is 4. The fourth-order valence-corrected chi connectivity index (χ4v) is 14.3. The van der Waals surface area contributed by atoms with Gasteiger partial charge in [0.2, 0.25) is 0 Å². The predicted octanol–water partition coefficient (Wildman–Crippen LogP) is 9.57. The van der Waals surface area contributed by atoms with Crippen molar-refractivity contribution in [3.8, 4) is 0 Å². The van der Waals surface area contributed by atoms with Crippen LogP contribution in [0.2, 0.25) is 5.04 Å². The van der Waals surface area contributed by atoms with E-state index in [2.05, 4.69) is 45.0 Å². The number of hydrogen-bond donors (Lipinski definition) is 0. The Morgan fingerprint density at radius 3 is 1.25 bits per heavy atom. The average molecular weight is 871 g/mol. The number of carbonyl (C=O) groups excluding carboxylic acids is 2. The first-order chi connectivity index (χ1) is 28.8. The smallest absolute Gasteiger partial charge is 0.432 e. The summed E-state index contributed by atoms with van der Waals surface area (Å²) in [5, 5.41) is 1.65. The minimum atomic E-state index is -5.20. The Morgan fingerprint density at radius 2 is 0.934 bits per heavy atom. The number of fused-ring (bicyclic) bond motifs is 1. The zero-order chi connectivity index (χ0) is 44.3. The molecule has 6 atom stereocenters. The van der Waals surface area contributed by atoms with Crippen molar-refractivity contribution in [1.82, 2.24) is 0 Å². The van der Waals surface area contributed by atoms with Crippen LogP contribution in [-0.2, 0) is 44.2 Å². The van der Waals surface area contributed by atoms with Gasteiger partial charge in [-0.05, 0) is 65.3 Å². The molecule has 61 heavy (non-hydrogen) atoms. The molecular weight excluding hydrogens is 819 g/mol. The van der Waals surface area contributed by atoms with E-state index < -0.39 is 83.5 Å². The second kappa shape index (κ2) is 17.7. The van der Waals surface area contributed by atoms with Gasteiger partial charge in [-0.25, -0.2) is 9.59 Å². The first-order valence-corrected chi connectivity index (χ1v) is 22.2. The van der Waals surface area contributed by atoms with E-state index in [9.17, 15) is 35.9 Å². The topological polar surface area (TPSA) is 80.3 Å². The molecule has 0 spiro atoms. The Balaban J connectivity index is 1.36. The van der Waals surface area contributed by atoms with Crippen molar-refractivity contribution in [1.29, 1.82) is 0 Å². The van der Waals surface area contributed by atoms with Gasteiger partial charge in [-0.1, -0.05) is 142 Å². The minimum Gasteiger partial charge on any atom is -0.460 e. The predicted molar refractivity (Wildman–Crippen MR) is 219 cm³/mol. The van der Waals surface area contributed by atoms with Crippen LogP contribution in [0.15, 0.2) is 121 Å². The van der Waals surface area contributed by atoms with E-state index in [-0.39, 0.29) is 32.3 Å². The molecule has 0 bridgehead atoms. The second-order valence-corrected chi connectivity index (χ2v) is 21.4. The number of carbonyl (C=O) groups is 2. The molecule has 2 fully saturated rings. The van der Waals surface area contributed by atoms with Crippen LogP contribution in [0.5, 0.6) is 0 Å². The van der Waals surface area contributed by atoms with Crippen LogP contribution in [0.25, 0.3) is 0 Å². The normalized spacial score (nSPS) is 23.2. The molecule has 0 amide bonds. The van der Waals surface area contributed by atoms with E-state index >= 15 is 0 Å². The van der Waals surface area contributed by atoms with Gasteiger partial charge in [0.05, 0.1) is 0 Å². The molecule has 0 aromatic heterocycles. The summed E-state index contributed by atoms with van der Waals surface area (Å²) in [6.45, 7) is 6.58. The number of methoxy groups -OCH3 is 2. The molecule has 4 aromatic carbocycles. The SMILES string of the molecule is CO[C@@](C(=O)O[C@@H]1CCC2(CO[Si](c3ccccc3)(c3ccccc3)C(C)(C)C)CC[C@H](OC(=O)[C@](OC)(c3ccccc3)C(F)(F)F)CC2C1)(c1ccccc1)C(F)(F)F. The molecule has 2 aliphatic rings. The number of rotatable bonds is 13. The summed E-state index contributed by atoms with van der Waals surface area (Å²) in [5.74, 6) is -3.79. The lowest BCUT2D eigenvalue weighted by molar-refractivity contribution is -0.279. The van der Waals surface area contributed by atoms with Crippen molar-refractivity contribution >= 4 is 30.6 Å². The molecule has 4 aromatic rings. The van der Waals surface area contributed by atoms with Crippen LogP contribution in [0, 0.1) is 11.3 Å². The van der Waals surface area contributed by atoms with Gasteiger partial charge in [0.25, 0.3) is 19.5 Å². The van der Waals surface area contributed by atoms with E-state index in [1.54, 1.807) is 0 Å². The van der Waals surface area contributed by atoms with Gasteiger partial charge in [-0.3, -0.25) is 0 Å². The number of benzene rings is 4. The molecule has 0 radical (unpaired) electrons. The molecule has 0 aliphatic heterocycles. The third-order valence-electron chi connectivity index (χ3n) is 12.8. The average Bonchev–Trinajstić information content (AvgIpc) is 3.22. The number of esters is 2. The summed E-state index contributed by atoms with van der Waals surface area (Å²) in [7, 11) is -1.54. The molecular formula is C47H52F6O7Si. The maximum atomic E-state index is 14.9. The van der Waals surface area contributed by atoms with Gasteiger partial charge in [0, 0.05) is 32.0 Å². The maximum Gasteiger partial charge on any atom is 0.432 e. The molecule has 328 valence electrons. The van der Waals surface area contributed by atoms with Gasteiger partial charge >= 0.3 is 24.3 Å². The molecule has 14 heteroatoms. The lowest BCUT2D eigenvalue weighted by atomic mass is 9.58. The van der Waals surface area contributed by atoms with Gasteiger partial charge in [0.15, 0.2) is 0 Å². The first-order valence-electron chi connectivity index (χ1n) is 20.3. The minimum absolute atomic E-state index is 0.0315. The van der Waals surface area contributed by atoms with Crippen molar-refractivity contribution in [2.75, 3.05) is 20.8 Å². The quantitative estimate of drug-likeness (QED) is 0.0753. The Hall–Kier alpha value is -4.50. The van der Waals surface area contributed by atoms with Crippen LogP contribution in [-0.4, -0.2) is 65.6 Å². The third kappa shape index (κ3) is 8.40. The summed E-state index contributed by atoms with van der Waals surface area (Å²) in [6, 6.07) is 33.0. The number of alkyl halides is 6. The summed E-state index contributed by atoms with van der Waals surface area (Å²) in [6.07, 6.45) is -11.4. The summed E-state index contributed by atoms with van der Waals surface area (Å²) < 4.78 is 118. The van der Waals surface area contributed by atoms with Gasteiger partial charge in [-0.2, -0.15) is 26.3 Å². The van der Waals surface area contributed by atoms with Gasteiger partial charge < -0.3 is 23.4 Å². The van der Waals surface area contributed by atoms with E-state index in [0.29, 0.717) is 12.8 Å². The lowest BCUT2D eigenvalue weighted by Crippen LogP contribution is -2.67. The van der Waals surface area contributed by atoms with Crippen molar-refractivity contribution in [2.45, 2.75) is 100 Å². The molecule has 2 aliphatic carbocycles. The molecule has 2 saturated carbocycles. The highest BCUT2D eigenvalue weighted by Crippen LogP contribution is 2.54. The van der Waals surface area contributed by atoms with Gasteiger partial charge in [-0.15, -0.1) is 0 Å². The van der Waals surface area contributed by atoms with Crippen LogP contribution in [0.4, 0.5) is 26.3 Å². The van der Waals surface area contributed by atoms with E-state index in [4.69, 9.17) is 23.4 Å². The van der Waals surface area contributed by atoms with Crippen LogP contribution < -0.4 is 10.4 Å². The highest BCUT2D eigenvalue weighted by atomic mass is 28.4. The molecule has 0 N–H and O–H groups in total.